The number of halogens is 1. The van der Waals surface area contributed by atoms with E-state index in [1.54, 1.807) is 13.2 Å². The number of carbonyl (C=O) groups is 1. The summed E-state index contributed by atoms with van der Waals surface area (Å²) >= 11 is 0. The lowest BCUT2D eigenvalue weighted by Crippen LogP contribution is -2.29. The van der Waals surface area contributed by atoms with Crippen LogP contribution in [0.4, 0.5) is 0 Å². The molecule has 1 aromatic rings. The van der Waals surface area contributed by atoms with Gasteiger partial charge < -0.3 is 15.0 Å². The predicted molar refractivity (Wildman–Crippen MR) is 92.5 cm³/mol. The maximum atomic E-state index is 12.3. The van der Waals surface area contributed by atoms with Crippen LogP contribution in [0.5, 0.6) is 5.75 Å². The van der Waals surface area contributed by atoms with E-state index < -0.39 is 0 Å². The van der Waals surface area contributed by atoms with Gasteiger partial charge in [-0.2, -0.15) is 0 Å². The van der Waals surface area contributed by atoms with Crippen LogP contribution < -0.4 is 10.1 Å². The van der Waals surface area contributed by atoms with Crippen LogP contribution in [-0.2, 0) is 4.79 Å². The maximum absolute atomic E-state index is 12.3. The molecule has 22 heavy (non-hydrogen) atoms. The van der Waals surface area contributed by atoms with Crippen LogP contribution in [0, 0.1) is 5.92 Å². The zero-order chi connectivity index (χ0) is 15.2. The third-order valence-electron chi connectivity index (χ3n) is 3.96. The molecule has 122 valence electrons. The number of nitrogens with one attached hydrogen (secondary N) is 1. The SMILES string of the molecule is CNCC1CCN(C(=O)C=C(C)c2cccc(OC)c2)C1.Cl. The fraction of sp³-hybridized carbons (Fsp3) is 0.471. The van der Waals surface area contributed by atoms with Gasteiger partial charge in [0, 0.05) is 19.2 Å². The van der Waals surface area contributed by atoms with Crippen molar-refractivity contribution in [2.75, 3.05) is 33.8 Å². The zero-order valence-corrected chi connectivity index (χ0v) is 14.3. The van der Waals surface area contributed by atoms with E-state index in [9.17, 15) is 4.79 Å². The number of allylic oxidation sites excluding steroid dienone is 1. The lowest BCUT2D eigenvalue weighted by atomic mass is 10.1. The fourth-order valence-electron chi connectivity index (χ4n) is 2.72. The minimum Gasteiger partial charge on any atom is -0.497 e. The molecule has 1 atom stereocenters. The number of ether oxygens (including phenoxy) is 1. The Labute approximate surface area is 138 Å². The quantitative estimate of drug-likeness (QED) is 0.846. The Bertz CT molecular complexity index is 531. The van der Waals surface area contributed by atoms with E-state index in [1.165, 1.54) is 0 Å². The summed E-state index contributed by atoms with van der Waals surface area (Å²) in [6.07, 6.45) is 2.81. The molecule has 1 aliphatic rings. The molecule has 1 N–H and O–H groups in total. The number of methoxy groups -OCH3 is 1. The Hall–Kier alpha value is -1.52. The Morgan fingerprint density at radius 2 is 2.27 bits per heavy atom. The molecule has 1 amide bonds. The van der Waals surface area contributed by atoms with Gasteiger partial charge in [-0.15, -0.1) is 12.4 Å². The number of likely N-dealkylation sites (tertiary alicyclic amines) is 1. The van der Waals surface area contributed by atoms with Crippen LogP contribution >= 0.6 is 12.4 Å². The van der Waals surface area contributed by atoms with Crippen molar-refractivity contribution in [2.45, 2.75) is 13.3 Å². The van der Waals surface area contributed by atoms with Crippen LogP contribution in [0.15, 0.2) is 30.3 Å². The van der Waals surface area contributed by atoms with Gasteiger partial charge in [0.25, 0.3) is 0 Å². The first-order chi connectivity index (χ1) is 10.1. The highest BCUT2D eigenvalue weighted by Gasteiger charge is 2.24. The second-order valence-corrected chi connectivity index (χ2v) is 5.56. The molecule has 0 saturated carbocycles. The molecule has 1 aliphatic heterocycles. The van der Waals surface area contributed by atoms with E-state index in [0.717, 1.165) is 42.9 Å². The van der Waals surface area contributed by atoms with Crippen molar-refractivity contribution in [1.82, 2.24) is 10.2 Å². The van der Waals surface area contributed by atoms with E-state index in [4.69, 9.17) is 4.74 Å². The van der Waals surface area contributed by atoms with Gasteiger partial charge in [-0.05, 0) is 56.1 Å². The van der Waals surface area contributed by atoms with Crippen LogP contribution in [-0.4, -0.2) is 44.6 Å². The summed E-state index contributed by atoms with van der Waals surface area (Å²) in [5.74, 6) is 1.49. The van der Waals surface area contributed by atoms with Crippen molar-refractivity contribution in [3.63, 3.8) is 0 Å². The van der Waals surface area contributed by atoms with Gasteiger partial charge in [0.1, 0.15) is 5.75 Å². The molecule has 1 fully saturated rings. The molecule has 0 bridgehead atoms. The minimum atomic E-state index is 0. The first-order valence-electron chi connectivity index (χ1n) is 7.40. The Balaban J connectivity index is 0.00000242. The van der Waals surface area contributed by atoms with Gasteiger partial charge >= 0.3 is 0 Å². The number of benzene rings is 1. The molecular formula is C17H25ClN2O2. The van der Waals surface area contributed by atoms with Crippen molar-refractivity contribution in [3.8, 4) is 5.75 Å². The first kappa shape index (κ1) is 18.5. The van der Waals surface area contributed by atoms with Gasteiger partial charge in [0.2, 0.25) is 5.91 Å². The second-order valence-electron chi connectivity index (χ2n) is 5.56. The van der Waals surface area contributed by atoms with Gasteiger partial charge in [0.15, 0.2) is 0 Å². The molecule has 0 spiro atoms. The summed E-state index contributed by atoms with van der Waals surface area (Å²) in [6, 6.07) is 7.79. The number of hydrogen-bond donors (Lipinski definition) is 1. The standard InChI is InChI=1S/C17H24N2O2.ClH/c1-13(15-5-4-6-16(10-15)21-3)9-17(20)19-8-7-14(12-19)11-18-2;/h4-6,9-10,14,18H,7-8,11-12H2,1-3H3;1H. The number of hydrogen-bond acceptors (Lipinski definition) is 3. The molecule has 1 aromatic carbocycles. The average Bonchev–Trinajstić information content (AvgIpc) is 2.96. The number of nitrogens with zero attached hydrogens (tertiary/aromatic N) is 1. The monoisotopic (exact) mass is 324 g/mol. The smallest absolute Gasteiger partial charge is 0.246 e. The third kappa shape index (κ3) is 4.75. The maximum Gasteiger partial charge on any atom is 0.246 e. The highest BCUT2D eigenvalue weighted by Crippen LogP contribution is 2.21. The molecule has 4 nitrogen and oxygen atoms in total. The van der Waals surface area contributed by atoms with Crippen molar-refractivity contribution < 1.29 is 9.53 Å². The Morgan fingerprint density at radius 1 is 1.50 bits per heavy atom. The number of carbonyl (C=O) groups excluding carboxylic acids is 1. The molecule has 2 rings (SSSR count). The highest BCUT2D eigenvalue weighted by molar-refractivity contribution is 5.95. The molecule has 0 radical (unpaired) electrons. The van der Waals surface area contributed by atoms with Gasteiger partial charge in [-0.3, -0.25) is 4.79 Å². The van der Waals surface area contributed by atoms with E-state index in [1.807, 2.05) is 43.1 Å². The summed E-state index contributed by atoms with van der Waals surface area (Å²) in [6.45, 7) is 4.64. The fourth-order valence-corrected chi connectivity index (χ4v) is 2.72. The molecular weight excluding hydrogens is 300 g/mol. The van der Waals surface area contributed by atoms with Crippen molar-refractivity contribution in [2.24, 2.45) is 5.92 Å². The molecule has 1 unspecified atom stereocenters. The van der Waals surface area contributed by atoms with E-state index >= 15 is 0 Å². The largest absolute Gasteiger partial charge is 0.497 e. The van der Waals surface area contributed by atoms with Gasteiger partial charge in [0.05, 0.1) is 7.11 Å². The third-order valence-corrected chi connectivity index (χ3v) is 3.96. The number of amides is 1. The second kappa shape index (κ2) is 8.81. The van der Waals surface area contributed by atoms with E-state index in [2.05, 4.69) is 5.32 Å². The summed E-state index contributed by atoms with van der Waals surface area (Å²) < 4.78 is 5.22. The van der Waals surface area contributed by atoms with E-state index in [0.29, 0.717) is 5.92 Å². The van der Waals surface area contributed by atoms with Crippen LogP contribution in [0.25, 0.3) is 5.57 Å². The zero-order valence-electron chi connectivity index (χ0n) is 13.5. The average molecular weight is 325 g/mol. The molecule has 0 aliphatic carbocycles. The summed E-state index contributed by atoms with van der Waals surface area (Å²) in [5.41, 5.74) is 1.99. The molecule has 1 heterocycles. The van der Waals surface area contributed by atoms with Crippen molar-refractivity contribution in [3.05, 3.63) is 35.9 Å². The first-order valence-corrected chi connectivity index (χ1v) is 7.40. The topological polar surface area (TPSA) is 41.6 Å². The summed E-state index contributed by atoms with van der Waals surface area (Å²) in [5, 5.41) is 3.18. The highest BCUT2D eigenvalue weighted by atomic mass is 35.5. The molecule has 0 aromatic heterocycles. The predicted octanol–water partition coefficient (Wildman–Crippen LogP) is 2.59. The lowest BCUT2D eigenvalue weighted by Gasteiger charge is -2.15. The van der Waals surface area contributed by atoms with Gasteiger partial charge in [-0.25, -0.2) is 0 Å². The minimum absolute atomic E-state index is 0. The van der Waals surface area contributed by atoms with E-state index in [-0.39, 0.29) is 18.3 Å². The van der Waals surface area contributed by atoms with Crippen LogP contribution in [0.3, 0.4) is 0 Å². The van der Waals surface area contributed by atoms with Crippen LogP contribution in [0.2, 0.25) is 0 Å². The van der Waals surface area contributed by atoms with Crippen molar-refractivity contribution >= 4 is 23.9 Å². The number of rotatable bonds is 5. The van der Waals surface area contributed by atoms with Crippen molar-refractivity contribution in [1.29, 1.82) is 0 Å². The summed E-state index contributed by atoms with van der Waals surface area (Å²) in [4.78, 5) is 14.3. The van der Waals surface area contributed by atoms with Crippen LogP contribution in [0.1, 0.15) is 18.9 Å². The van der Waals surface area contributed by atoms with Gasteiger partial charge in [-0.1, -0.05) is 12.1 Å². The molecule has 1 saturated heterocycles. The lowest BCUT2D eigenvalue weighted by molar-refractivity contribution is -0.125. The molecule has 5 heteroatoms. The Morgan fingerprint density at radius 3 is 2.95 bits per heavy atom. The Kier molecular flexibility index (Phi) is 7.42. The normalized spacial score (nSPS) is 18.0. The summed E-state index contributed by atoms with van der Waals surface area (Å²) in [7, 11) is 3.60.